The van der Waals surface area contributed by atoms with Gasteiger partial charge in [-0.05, 0) is 55.0 Å². The van der Waals surface area contributed by atoms with Crippen LogP contribution in [0.1, 0.15) is 13.9 Å². The van der Waals surface area contributed by atoms with Gasteiger partial charge in [-0.1, -0.05) is 23.8 Å². The maximum Gasteiger partial charge on any atom is 0.323 e. The number of amides is 2. The lowest BCUT2D eigenvalue weighted by atomic mass is 10.2. The summed E-state index contributed by atoms with van der Waals surface area (Å²) < 4.78 is 19.4. The molecule has 0 aliphatic rings. The Balaban J connectivity index is 1.48. The van der Waals surface area contributed by atoms with E-state index in [0.29, 0.717) is 28.1 Å². The van der Waals surface area contributed by atoms with Gasteiger partial charge in [0.05, 0.1) is 13.9 Å². The summed E-state index contributed by atoms with van der Waals surface area (Å²) in [5.74, 6) is 0. The minimum absolute atomic E-state index is 0.361. The van der Waals surface area contributed by atoms with Crippen molar-refractivity contribution in [2.75, 3.05) is 10.6 Å². The molecule has 0 bridgehead atoms. The summed E-state index contributed by atoms with van der Waals surface area (Å²) in [6, 6.07) is 18.0. The molecule has 0 fully saturated rings. The van der Waals surface area contributed by atoms with E-state index in [1.54, 1.807) is 41.4 Å². The number of benzene rings is 2. The fourth-order valence-electron chi connectivity index (χ4n) is 3.48. The maximum absolute atomic E-state index is 12.5. The number of hydrogen-bond donors (Lipinski definition) is 3. The quantitative estimate of drug-likeness (QED) is 0.374. The number of urea groups is 1. The highest BCUT2D eigenvalue weighted by Crippen LogP contribution is 2.26. The number of aromatic amines is 1. The summed E-state index contributed by atoms with van der Waals surface area (Å²) in [5, 5.41) is 7.17. The van der Waals surface area contributed by atoms with Crippen molar-refractivity contribution >= 4 is 39.3 Å². The van der Waals surface area contributed by atoms with Crippen molar-refractivity contribution in [2.45, 2.75) is 13.4 Å². The zero-order chi connectivity index (χ0) is 22.3. The number of H-pyrrole nitrogens is 1. The van der Waals surface area contributed by atoms with Gasteiger partial charge >= 0.3 is 6.03 Å². The third-order valence-electron chi connectivity index (χ3n) is 4.99. The van der Waals surface area contributed by atoms with Crippen molar-refractivity contribution in [1.29, 1.82) is 0 Å². The standard InChI is InChI=1S/C24H21N5O/c1-16-5-7-18(8-6-16)27-24(30)28-21-3-2-4-22-20(21)11-14-29(22)15-17-9-12-25-23-19(17)10-13-26-23/h2-14H,15H2,1H3,(H,25,26)(H2,27,28,30)/i15D2. The minimum atomic E-state index is -1.83. The zero-order valence-corrected chi connectivity index (χ0v) is 16.3. The highest BCUT2D eigenvalue weighted by atomic mass is 16.2. The van der Waals surface area contributed by atoms with Gasteiger partial charge in [-0.25, -0.2) is 9.78 Å². The van der Waals surface area contributed by atoms with Gasteiger partial charge < -0.3 is 20.2 Å². The second-order valence-corrected chi connectivity index (χ2v) is 7.08. The second kappa shape index (κ2) is 7.40. The van der Waals surface area contributed by atoms with Crippen LogP contribution in [0.3, 0.4) is 0 Å². The number of rotatable bonds is 4. The molecule has 0 aliphatic heterocycles. The summed E-state index contributed by atoms with van der Waals surface area (Å²) in [4.78, 5) is 19.8. The van der Waals surface area contributed by atoms with Gasteiger partial charge in [0.25, 0.3) is 0 Å². The smallest absolute Gasteiger partial charge is 0.323 e. The van der Waals surface area contributed by atoms with Crippen molar-refractivity contribution in [1.82, 2.24) is 14.5 Å². The first-order valence-electron chi connectivity index (χ1n) is 10.6. The molecular weight excluding hydrogens is 374 g/mol. The van der Waals surface area contributed by atoms with E-state index in [1.165, 1.54) is 0 Å². The molecule has 0 aliphatic carbocycles. The molecule has 0 spiro atoms. The summed E-state index contributed by atoms with van der Waals surface area (Å²) in [7, 11) is 0. The molecule has 5 rings (SSSR count). The Morgan fingerprint density at radius 3 is 2.80 bits per heavy atom. The Morgan fingerprint density at radius 2 is 1.93 bits per heavy atom. The largest absolute Gasteiger partial charge is 0.346 e. The third-order valence-corrected chi connectivity index (χ3v) is 4.99. The molecule has 2 aromatic carbocycles. The predicted molar refractivity (Wildman–Crippen MR) is 121 cm³/mol. The van der Waals surface area contributed by atoms with Crippen molar-refractivity contribution < 1.29 is 7.54 Å². The fourth-order valence-corrected chi connectivity index (χ4v) is 3.48. The summed E-state index contributed by atoms with van der Waals surface area (Å²) in [6.07, 6.45) is 5.05. The van der Waals surface area contributed by atoms with Crippen LogP contribution >= 0.6 is 0 Å². The lowest BCUT2D eigenvalue weighted by Gasteiger charge is -2.10. The molecule has 3 N–H and O–H groups in total. The van der Waals surface area contributed by atoms with Crippen LogP contribution in [0.4, 0.5) is 16.2 Å². The van der Waals surface area contributed by atoms with E-state index >= 15 is 0 Å². The molecule has 148 valence electrons. The number of aromatic nitrogens is 3. The first-order valence-corrected chi connectivity index (χ1v) is 9.61. The summed E-state index contributed by atoms with van der Waals surface area (Å²) in [5.41, 5.74) is 4.23. The van der Waals surface area contributed by atoms with Crippen LogP contribution in [-0.4, -0.2) is 20.6 Å². The predicted octanol–water partition coefficient (Wildman–Crippen LogP) is 5.52. The number of nitrogens with zero attached hydrogens (tertiary/aromatic N) is 2. The molecule has 0 saturated carbocycles. The molecule has 3 heterocycles. The molecule has 2 amide bonds. The highest BCUT2D eigenvalue weighted by molar-refractivity contribution is 6.05. The van der Waals surface area contributed by atoms with Gasteiger partial charge in [0, 0.05) is 41.5 Å². The molecule has 6 nitrogen and oxygen atoms in total. The van der Waals surface area contributed by atoms with Crippen LogP contribution in [-0.2, 0) is 6.50 Å². The van der Waals surface area contributed by atoms with Crippen LogP contribution in [0.2, 0.25) is 0 Å². The molecule has 0 radical (unpaired) electrons. The van der Waals surface area contributed by atoms with E-state index in [1.807, 2.05) is 49.4 Å². The van der Waals surface area contributed by atoms with Crippen molar-refractivity contribution in [3.8, 4) is 0 Å². The molecule has 30 heavy (non-hydrogen) atoms. The van der Waals surface area contributed by atoms with E-state index in [2.05, 4.69) is 20.6 Å². The first-order chi connectivity index (χ1) is 15.4. The lowest BCUT2D eigenvalue weighted by molar-refractivity contribution is 0.262. The molecule has 6 heteroatoms. The van der Waals surface area contributed by atoms with Gasteiger partial charge in [-0.15, -0.1) is 0 Å². The van der Waals surface area contributed by atoms with Crippen LogP contribution in [0.25, 0.3) is 21.9 Å². The van der Waals surface area contributed by atoms with Crippen LogP contribution in [0, 0.1) is 6.92 Å². The van der Waals surface area contributed by atoms with E-state index in [9.17, 15) is 4.79 Å². The average Bonchev–Trinajstić information content (AvgIpc) is 3.43. The van der Waals surface area contributed by atoms with Crippen molar-refractivity contribution in [3.63, 3.8) is 0 Å². The monoisotopic (exact) mass is 397 g/mol. The number of aryl methyl sites for hydroxylation is 1. The molecular formula is C24H21N5O. The number of fused-ring (bicyclic) bond motifs is 2. The van der Waals surface area contributed by atoms with E-state index < -0.39 is 6.50 Å². The summed E-state index contributed by atoms with van der Waals surface area (Å²) >= 11 is 0. The Labute approximate surface area is 176 Å². The Morgan fingerprint density at radius 1 is 1.07 bits per heavy atom. The number of carbonyl (C=O) groups is 1. The number of pyridine rings is 1. The van der Waals surface area contributed by atoms with Gasteiger partial charge in [-0.2, -0.15) is 0 Å². The maximum atomic E-state index is 12.5. The van der Waals surface area contributed by atoms with Crippen molar-refractivity contribution in [2.24, 2.45) is 0 Å². The number of anilines is 2. The number of nitrogens with one attached hydrogen (secondary N) is 3. The highest BCUT2D eigenvalue weighted by Gasteiger charge is 2.10. The molecule has 5 aromatic rings. The minimum Gasteiger partial charge on any atom is -0.346 e. The first kappa shape index (κ1) is 15.8. The van der Waals surface area contributed by atoms with Crippen LogP contribution in [0.5, 0.6) is 0 Å². The Hall–Kier alpha value is -4.06. The number of hydrogen-bond acceptors (Lipinski definition) is 2. The van der Waals surface area contributed by atoms with Crippen LogP contribution < -0.4 is 10.6 Å². The molecule has 0 saturated heterocycles. The van der Waals surface area contributed by atoms with E-state index in [-0.39, 0.29) is 6.03 Å². The molecule has 0 atom stereocenters. The van der Waals surface area contributed by atoms with Gasteiger partial charge in [0.2, 0.25) is 0 Å². The van der Waals surface area contributed by atoms with Crippen molar-refractivity contribution in [3.05, 3.63) is 90.4 Å². The van der Waals surface area contributed by atoms with Gasteiger partial charge in [0.1, 0.15) is 5.65 Å². The SMILES string of the molecule is [2H]C([2H])(c1ccnc2[nH]ccc12)n1ccc2c(NC(=O)Nc3ccc(C)cc3)cccc21. The van der Waals surface area contributed by atoms with E-state index in [0.717, 1.165) is 16.3 Å². The number of carbonyl (C=O) groups excluding carboxylic acids is 1. The zero-order valence-electron chi connectivity index (χ0n) is 18.3. The van der Waals surface area contributed by atoms with E-state index in [4.69, 9.17) is 2.74 Å². The molecule has 0 unspecified atom stereocenters. The second-order valence-electron chi connectivity index (χ2n) is 7.08. The summed E-state index contributed by atoms with van der Waals surface area (Å²) in [6.45, 7) is 0.161. The topological polar surface area (TPSA) is 74.7 Å². The fraction of sp³-hybridized carbons (Fsp3) is 0.0833. The average molecular weight is 397 g/mol. The van der Waals surface area contributed by atoms with Gasteiger partial charge in [-0.3, -0.25) is 0 Å². The third kappa shape index (κ3) is 3.39. The molecule has 3 aromatic heterocycles. The lowest BCUT2D eigenvalue weighted by Crippen LogP contribution is -2.19. The Bertz CT molecular complexity index is 1440. The normalized spacial score (nSPS) is 12.6. The Kier molecular flexibility index (Phi) is 3.90. The van der Waals surface area contributed by atoms with Crippen LogP contribution in [0.15, 0.2) is 79.3 Å². The van der Waals surface area contributed by atoms with Gasteiger partial charge in [0.15, 0.2) is 0 Å².